The molecule has 0 saturated carbocycles. The number of nitrogens with zero attached hydrogens (tertiary/aromatic N) is 1. The summed E-state index contributed by atoms with van der Waals surface area (Å²) in [4.78, 5) is 39.9. The Hall–Kier alpha value is -3.18. The lowest BCUT2D eigenvalue weighted by molar-refractivity contribution is -0.123. The van der Waals surface area contributed by atoms with E-state index in [-0.39, 0.29) is 35.3 Å². The number of esters is 1. The molecule has 0 aromatic heterocycles. The molecule has 0 bridgehead atoms. The summed E-state index contributed by atoms with van der Waals surface area (Å²) in [5, 5.41) is 0.324. The molecule has 0 unspecified atom stereocenters. The molecule has 12 heteroatoms. The lowest BCUT2D eigenvalue weighted by Gasteiger charge is -2.14. The molecule has 0 aliphatic carbocycles. The van der Waals surface area contributed by atoms with Crippen LogP contribution in [-0.4, -0.2) is 35.4 Å². The third-order valence-electron chi connectivity index (χ3n) is 5.63. The van der Waals surface area contributed by atoms with E-state index in [4.69, 9.17) is 42.1 Å². The average Bonchev–Trinajstić information content (AvgIpc) is 3.45. The molecule has 0 atom stereocenters. The van der Waals surface area contributed by atoms with E-state index < -0.39 is 17.1 Å². The van der Waals surface area contributed by atoms with Crippen LogP contribution >= 0.6 is 50.9 Å². The van der Waals surface area contributed by atoms with Crippen molar-refractivity contribution in [1.29, 1.82) is 0 Å². The van der Waals surface area contributed by atoms with Crippen LogP contribution in [0.15, 0.2) is 57.9 Å². The van der Waals surface area contributed by atoms with Gasteiger partial charge in [0.05, 0.1) is 28.1 Å². The van der Waals surface area contributed by atoms with Crippen molar-refractivity contribution in [2.24, 2.45) is 0 Å². The highest BCUT2D eigenvalue weighted by Crippen LogP contribution is 2.41. The minimum absolute atomic E-state index is 0.0240. The molecule has 0 N–H and O–H groups in total. The number of rotatable bonds is 7. The van der Waals surface area contributed by atoms with Crippen LogP contribution in [0.3, 0.4) is 0 Å². The first-order valence-corrected chi connectivity index (χ1v) is 13.9. The van der Waals surface area contributed by atoms with E-state index in [2.05, 4.69) is 15.9 Å². The smallest absolute Gasteiger partial charge is 0.343 e. The second kappa shape index (κ2) is 11.5. The zero-order valence-corrected chi connectivity index (χ0v) is 24.1. The van der Waals surface area contributed by atoms with E-state index in [0.29, 0.717) is 43.8 Å². The summed E-state index contributed by atoms with van der Waals surface area (Å²) in [7, 11) is 0. The van der Waals surface area contributed by atoms with Crippen molar-refractivity contribution in [2.75, 3.05) is 13.4 Å². The van der Waals surface area contributed by atoms with Crippen LogP contribution in [0.1, 0.15) is 28.4 Å². The maximum absolute atomic E-state index is 13.2. The van der Waals surface area contributed by atoms with Gasteiger partial charge in [0.25, 0.3) is 11.1 Å². The van der Waals surface area contributed by atoms with Gasteiger partial charge in [-0.05, 0) is 88.2 Å². The Morgan fingerprint density at radius 3 is 2.64 bits per heavy atom. The molecule has 200 valence electrons. The van der Waals surface area contributed by atoms with Gasteiger partial charge in [0.15, 0.2) is 23.0 Å². The number of carbonyl (C=O) groups is 3. The fourth-order valence-electron chi connectivity index (χ4n) is 3.84. The number of fused-ring (bicyclic) bond motifs is 1. The van der Waals surface area contributed by atoms with Crippen LogP contribution in [0.25, 0.3) is 6.08 Å². The number of amides is 2. The molecule has 8 nitrogen and oxygen atoms in total. The minimum atomic E-state index is -0.616. The van der Waals surface area contributed by atoms with E-state index in [1.54, 1.807) is 55.5 Å². The van der Waals surface area contributed by atoms with Crippen molar-refractivity contribution in [3.05, 3.63) is 84.6 Å². The molecule has 0 radical (unpaired) electrons. The Morgan fingerprint density at radius 2 is 1.90 bits per heavy atom. The van der Waals surface area contributed by atoms with Gasteiger partial charge in [-0.3, -0.25) is 14.5 Å². The number of halogens is 3. The second-order valence-electron chi connectivity index (χ2n) is 8.23. The maximum atomic E-state index is 13.2. The van der Waals surface area contributed by atoms with Crippen molar-refractivity contribution < 1.29 is 33.3 Å². The number of carbonyl (C=O) groups excluding carboxylic acids is 3. The predicted octanol–water partition coefficient (Wildman–Crippen LogP) is 7.34. The normalized spacial score (nSPS) is 15.3. The number of hydrogen-bond donors (Lipinski definition) is 0. The quantitative estimate of drug-likeness (QED) is 0.149. The molecule has 2 amide bonds. The van der Waals surface area contributed by atoms with Gasteiger partial charge in [0.2, 0.25) is 6.79 Å². The van der Waals surface area contributed by atoms with Crippen LogP contribution < -0.4 is 18.9 Å². The average molecular weight is 651 g/mol. The van der Waals surface area contributed by atoms with Gasteiger partial charge in [0, 0.05) is 16.1 Å². The summed E-state index contributed by atoms with van der Waals surface area (Å²) >= 11 is 16.6. The van der Waals surface area contributed by atoms with Gasteiger partial charge in [0.1, 0.15) is 0 Å². The lowest BCUT2D eigenvalue weighted by Crippen LogP contribution is -2.27. The highest BCUT2D eigenvalue weighted by molar-refractivity contribution is 9.10. The van der Waals surface area contributed by atoms with Crippen molar-refractivity contribution in [2.45, 2.75) is 13.5 Å². The Balaban J connectivity index is 1.38. The van der Waals surface area contributed by atoms with Crippen LogP contribution in [-0.2, 0) is 11.3 Å². The molecule has 2 aliphatic rings. The number of ether oxygens (including phenoxy) is 4. The van der Waals surface area contributed by atoms with Gasteiger partial charge in [-0.2, -0.15) is 0 Å². The van der Waals surface area contributed by atoms with Crippen LogP contribution in [0.2, 0.25) is 10.0 Å². The zero-order chi connectivity index (χ0) is 27.7. The fourth-order valence-corrected chi connectivity index (χ4v) is 5.62. The first-order chi connectivity index (χ1) is 18.7. The summed E-state index contributed by atoms with van der Waals surface area (Å²) < 4.78 is 22.4. The van der Waals surface area contributed by atoms with Gasteiger partial charge in [-0.25, -0.2) is 4.79 Å². The van der Waals surface area contributed by atoms with Crippen molar-refractivity contribution in [3.63, 3.8) is 0 Å². The highest BCUT2D eigenvalue weighted by Gasteiger charge is 2.36. The number of imide groups is 1. The molecule has 1 saturated heterocycles. The molecule has 2 heterocycles. The van der Waals surface area contributed by atoms with Gasteiger partial charge < -0.3 is 18.9 Å². The Bertz CT molecular complexity index is 1540. The summed E-state index contributed by atoms with van der Waals surface area (Å²) in [6.45, 7) is 2.14. The second-order valence-corrected chi connectivity index (χ2v) is 10.9. The molecule has 1 fully saturated rings. The van der Waals surface area contributed by atoms with Crippen LogP contribution in [0.4, 0.5) is 4.79 Å². The van der Waals surface area contributed by atoms with Gasteiger partial charge in [-0.15, -0.1) is 0 Å². The van der Waals surface area contributed by atoms with Crippen LogP contribution in [0, 0.1) is 0 Å². The largest absolute Gasteiger partial charge is 0.490 e. The third kappa shape index (κ3) is 5.89. The SMILES string of the molecule is CCOc1cc(/C=C2\SC(=O)N(Cc3cc4c(cc3Cl)OCO4)C2=O)cc(Br)c1OC(=O)c1cccc(Cl)c1. The minimum Gasteiger partial charge on any atom is -0.490 e. The van der Waals surface area contributed by atoms with E-state index in [9.17, 15) is 14.4 Å². The molecule has 3 aromatic carbocycles. The van der Waals surface area contributed by atoms with E-state index in [1.165, 1.54) is 6.07 Å². The van der Waals surface area contributed by atoms with Crippen LogP contribution in [0.5, 0.6) is 23.0 Å². The van der Waals surface area contributed by atoms with Gasteiger partial charge in [-0.1, -0.05) is 29.3 Å². The molecule has 5 rings (SSSR count). The molecule has 3 aromatic rings. The van der Waals surface area contributed by atoms with E-state index >= 15 is 0 Å². The van der Waals surface area contributed by atoms with Crippen molar-refractivity contribution >= 4 is 74.1 Å². The number of thioether (sulfide) groups is 1. The molecular weight excluding hydrogens is 633 g/mol. The standard InChI is InChI=1S/C27H18BrCl2NO7S/c1-2-35-22-7-14(6-18(28)24(22)38-26(33)15-4-3-5-17(29)9-15)8-23-25(32)31(27(34)39-23)12-16-10-20-21(11-19(16)30)37-13-36-20/h3-11H,2,12-13H2,1H3/b23-8-. The van der Waals surface area contributed by atoms with Gasteiger partial charge >= 0.3 is 5.97 Å². The van der Waals surface area contributed by atoms with Crippen molar-refractivity contribution in [1.82, 2.24) is 4.90 Å². The summed E-state index contributed by atoms with van der Waals surface area (Å²) in [5.41, 5.74) is 1.38. The topological polar surface area (TPSA) is 91.4 Å². The maximum Gasteiger partial charge on any atom is 0.343 e. The molecule has 39 heavy (non-hydrogen) atoms. The van der Waals surface area contributed by atoms with Crippen molar-refractivity contribution in [3.8, 4) is 23.0 Å². The zero-order valence-electron chi connectivity index (χ0n) is 20.2. The molecular formula is C27H18BrCl2NO7S. The number of hydrogen-bond acceptors (Lipinski definition) is 8. The molecule has 0 spiro atoms. The fraction of sp³-hybridized carbons (Fsp3) is 0.148. The van der Waals surface area contributed by atoms with E-state index in [1.807, 2.05) is 0 Å². The molecule has 2 aliphatic heterocycles. The predicted molar refractivity (Wildman–Crippen MR) is 151 cm³/mol. The first-order valence-electron chi connectivity index (χ1n) is 11.5. The lowest BCUT2D eigenvalue weighted by atomic mass is 10.1. The Kier molecular flexibility index (Phi) is 8.08. The third-order valence-corrected chi connectivity index (χ3v) is 7.71. The summed E-state index contributed by atoms with van der Waals surface area (Å²) in [6, 6.07) is 12.9. The summed E-state index contributed by atoms with van der Waals surface area (Å²) in [6.07, 6.45) is 1.57. The number of benzene rings is 3. The first kappa shape index (κ1) is 27.4. The monoisotopic (exact) mass is 649 g/mol. The Morgan fingerprint density at radius 1 is 1.13 bits per heavy atom. The van der Waals surface area contributed by atoms with E-state index in [0.717, 1.165) is 16.7 Å². The highest BCUT2D eigenvalue weighted by atomic mass is 79.9. The Labute approximate surface area is 245 Å². The summed E-state index contributed by atoms with van der Waals surface area (Å²) in [5.74, 6) is 0.375.